The molecule has 0 fully saturated rings. The highest BCUT2D eigenvalue weighted by Crippen LogP contribution is 2.30. The number of thiazole rings is 1. The van der Waals surface area contributed by atoms with Crippen LogP contribution in [0.2, 0.25) is 0 Å². The third-order valence-corrected chi connectivity index (χ3v) is 4.70. The van der Waals surface area contributed by atoms with E-state index in [-0.39, 0.29) is 5.91 Å². The SMILES string of the molecule is CC(=O)Nc1ccc(C2=C(C)CCN(c3nccs3)C2)cc1. The first-order chi connectivity index (χ1) is 10.6. The van der Waals surface area contributed by atoms with Crippen LogP contribution < -0.4 is 10.2 Å². The molecule has 0 bridgehead atoms. The summed E-state index contributed by atoms with van der Waals surface area (Å²) in [5.74, 6) is -0.0456. The normalized spacial score (nSPS) is 15.1. The molecule has 4 nitrogen and oxygen atoms in total. The van der Waals surface area contributed by atoms with Crippen LogP contribution in [0.3, 0.4) is 0 Å². The number of anilines is 2. The van der Waals surface area contributed by atoms with Gasteiger partial charge in [-0.3, -0.25) is 4.79 Å². The van der Waals surface area contributed by atoms with Gasteiger partial charge in [-0.15, -0.1) is 11.3 Å². The lowest BCUT2D eigenvalue weighted by molar-refractivity contribution is -0.114. The molecule has 22 heavy (non-hydrogen) atoms. The second-order valence-corrected chi connectivity index (χ2v) is 6.38. The molecule has 0 radical (unpaired) electrons. The summed E-state index contributed by atoms with van der Waals surface area (Å²) < 4.78 is 0. The zero-order valence-electron chi connectivity index (χ0n) is 12.8. The maximum atomic E-state index is 11.1. The summed E-state index contributed by atoms with van der Waals surface area (Å²) in [6, 6.07) is 8.07. The third kappa shape index (κ3) is 3.20. The number of nitrogens with one attached hydrogen (secondary N) is 1. The monoisotopic (exact) mass is 313 g/mol. The first-order valence-corrected chi connectivity index (χ1v) is 8.22. The van der Waals surface area contributed by atoms with Crippen LogP contribution in [0, 0.1) is 0 Å². The van der Waals surface area contributed by atoms with Crippen molar-refractivity contribution in [2.45, 2.75) is 20.3 Å². The maximum Gasteiger partial charge on any atom is 0.221 e. The smallest absolute Gasteiger partial charge is 0.221 e. The van der Waals surface area contributed by atoms with Crippen LogP contribution in [0.1, 0.15) is 25.8 Å². The molecule has 0 saturated heterocycles. The minimum atomic E-state index is -0.0456. The third-order valence-electron chi connectivity index (χ3n) is 3.86. The molecule has 1 aromatic carbocycles. The quantitative estimate of drug-likeness (QED) is 0.938. The molecule has 3 rings (SSSR count). The van der Waals surface area contributed by atoms with Crippen LogP contribution in [0.4, 0.5) is 10.8 Å². The van der Waals surface area contributed by atoms with Crippen LogP contribution in [0.25, 0.3) is 5.57 Å². The van der Waals surface area contributed by atoms with Gasteiger partial charge in [0.25, 0.3) is 0 Å². The minimum absolute atomic E-state index is 0.0456. The van der Waals surface area contributed by atoms with E-state index < -0.39 is 0 Å². The molecule has 1 aliphatic heterocycles. The van der Waals surface area contributed by atoms with Gasteiger partial charge in [0.05, 0.1) is 0 Å². The summed E-state index contributed by atoms with van der Waals surface area (Å²) in [5, 5.41) is 5.90. The highest BCUT2D eigenvalue weighted by atomic mass is 32.1. The second-order valence-electron chi connectivity index (χ2n) is 5.50. The Morgan fingerprint density at radius 1 is 1.32 bits per heavy atom. The van der Waals surface area contributed by atoms with Gasteiger partial charge in [-0.25, -0.2) is 4.98 Å². The van der Waals surface area contributed by atoms with E-state index in [1.807, 2.05) is 23.7 Å². The Labute approximate surface area is 134 Å². The predicted molar refractivity (Wildman–Crippen MR) is 92.3 cm³/mol. The number of hydrogen-bond donors (Lipinski definition) is 1. The lowest BCUT2D eigenvalue weighted by Crippen LogP contribution is -2.30. The number of benzene rings is 1. The summed E-state index contributed by atoms with van der Waals surface area (Å²) in [6.07, 6.45) is 2.91. The molecule has 114 valence electrons. The Hall–Kier alpha value is -2.14. The molecular weight excluding hydrogens is 294 g/mol. The molecule has 1 aliphatic rings. The average molecular weight is 313 g/mol. The van der Waals surface area contributed by atoms with Crippen LogP contribution in [0.5, 0.6) is 0 Å². The van der Waals surface area contributed by atoms with E-state index in [0.29, 0.717) is 0 Å². The van der Waals surface area contributed by atoms with Crippen molar-refractivity contribution in [1.82, 2.24) is 4.98 Å². The van der Waals surface area contributed by atoms with Crippen molar-refractivity contribution < 1.29 is 4.79 Å². The summed E-state index contributed by atoms with van der Waals surface area (Å²) in [7, 11) is 0. The molecule has 1 N–H and O–H groups in total. The Morgan fingerprint density at radius 3 is 2.73 bits per heavy atom. The van der Waals surface area contributed by atoms with Crippen LogP contribution in [0.15, 0.2) is 41.4 Å². The Balaban J connectivity index is 1.81. The first-order valence-electron chi connectivity index (χ1n) is 7.34. The summed E-state index contributed by atoms with van der Waals surface area (Å²) in [6.45, 7) is 5.63. The van der Waals surface area contributed by atoms with Gasteiger partial charge in [-0.05, 0) is 36.6 Å². The summed E-state index contributed by atoms with van der Waals surface area (Å²) in [4.78, 5) is 17.8. The second kappa shape index (κ2) is 6.32. The molecule has 0 spiro atoms. The van der Waals surface area contributed by atoms with Crippen molar-refractivity contribution >= 4 is 33.6 Å². The molecule has 2 aromatic rings. The van der Waals surface area contributed by atoms with Gasteiger partial charge in [0.2, 0.25) is 5.91 Å². The minimum Gasteiger partial charge on any atom is -0.343 e. The van der Waals surface area contributed by atoms with Gasteiger partial charge < -0.3 is 10.2 Å². The summed E-state index contributed by atoms with van der Waals surface area (Å²) in [5.41, 5.74) is 4.84. The fourth-order valence-corrected chi connectivity index (χ4v) is 3.36. The van der Waals surface area contributed by atoms with Gasteiger partial charge in [-0.2, -0.15) is 0 Å². The number of amides is 1. The molecule has 1 amide bonds. The Morgan fingerprint density at radius 2 is 2.09 bits per heavy atom. The van der Waals surface area contributed by atoms with Crippen LogP contribution >= 0.6 is 11.3 Å². The zero-order valence-corrected chi connectivity index (χ0v) is 13.6. The highest BCUT2D eigenvalue weighted by molar-refractivity contribution is 7.13. The van der Waals surface area contributed by atoms with E-state index in [4.69, 9.17) is 0 Å². The maximum absolute atomic E-state index is 11.1. The Bertz CT molecular complexity index is 689. The van der Waals surface area contributed by atoms with Crippen LogP contribution in [-0.4, -0.2) is 24.0 Å². The number of nitrogens with zero attached hydrogens (tertiary/aromatic N) is 2. The molecule has 0 atom stereocenters. The number of carbonyl (C=O) groups excluding carboxylic acids is 1. The van der Waals surface area contributed by atoms with E-state index in [1.165, 1.54) is 23.6 Å². The zero-order chi connectivity index (χ0) is 15.5. The highest BCUT2D eigenvalue weighted by Gasteiger charge is 2.19. The van der Waals surface area contributed by atoms with Crippen molar-refractivity contribution in [1.29, 1.82) is 0 Å². The van der Waals surface area contributed by atoms with Crippen molar-refractivity contribution in [3.8, 4) is 0 Å². The fourth-order valence-electron chi connectivity index (χ4n) is 2.69. The standard InChI is InChI=1S/C17H19N3OS/c1-12-7-9-20(17-18-8-10-22-17)11-16(12)14-3-5-15(6-4-14)19-13(2)21/h3-6,8,10H,7,9,11H2,1-2H3,(H,19,21). The predicted octanol–water partition coefficient (Wildman–Crippen LogP) is 3.79. The first kappa shape index (κ1) is 14.8. The van der Waals surface area contributed by atoms with Gasteiger partial charge in [0.1, 0.15) is 0 Å². The van der Waals surface area contributed by atoms with E-state index in [1.54, 1.807) is 11.3 Å². The molecule has 1 aromatic heterocycles. The number of aromatic nitrogens is 1. The van der Waals surface area contributed by atoms with E-state index >= 15 is 0 Å². The molecule has 5 heteroatoms. The molecule has 0 saturated carbocycles. The topological polar surface area (TPSA) is 45.2 Å². The van der Waals surface area contributed by atoms with Gasteiger partial charge in [-0.1, -0.05) is 17.7 Å². The van der Waals surface area contributed by atoms with E-state index in [0.717, 1.165) is 30.3 Å². The largest absolute Gasteiger partial charge is 0.343 e. The molecule has 0 unspecified atom stereocenters. The van der Waals surface area contributed by atoms with Gasteiger partial charge in [0, 0.05) is 37.3 Å². The molecular formula is C17H19N3OS. The van der Waals surface area contributed by atoms with Crippen molar-refractivity contribution in [2.24, 2.45) is 0 Å². The van der Waals surface area contributed by atoms with Crippen molar-refractivity contribution in [2.75, 3.05) is 23.3 Å². The van der Waals surface area contributed by atoms with Crippen molar-refractivity contribution in [3.05, 3.63) is 47.0 Å². The van der Waals surface area contributed by atoms with Crippen LogP contribution in [-0.2, 0) is 4.79 Å². The van der Waals surface area contributed by atoms with E-state index in [9.17, 15) is 4.79 Å². The van der Waals surface area contributed by atoms with Gasteiger partial charge >= 0.3 is 0 Å². The lowest BCUT2D eigenvalue weighted by Gasteiger charge is -2.30. The van der Waals surface area contributed by atoms with E-state index in [2.05, 4.69) is 34.3 Å². The Kier molecular flexibility index (Phi) is 4.24. The number of hydrogen-bond acceptors (Lipinski definition) is 4. The summed E-state index contributed by atoms with van der Waals surface area (Å²) >= 11 is 1.68. The molecule has 0 aliphatic carbocycles. The fraction of sp³-hybridized carbons (Fsp3) is 0.294. The number of rotatable bonds is 3. The average Bonchev–Trinajstić information content (AvgIpc) is 3.02. The molecule has 2 heterocycles. The lowest BCUT2D eigenvalue weighted by atomic mass is 9.95. The van der Waals surface area contributed by atoms with Gasteiger partial charge in [0.15, 0.2) is 5.13 Å². The van der Waals surface area contributed by atoms with Crippen molar-refractivity contribution in [3.63, 3.8) is 0 Å². The number of carbonyl (C=O) groups is 1.